The lowest BCUT2D eigenvalue weighted by Gasteiger charge is -2.38. The van der Waals surface area contributed by atoms with Crippen LogP contribution in [0.4, 0.5) is 0 Å². The van der Waals surface area contributed by atoms with Gasteiger partial charge in [-0.25, -0.2) is 4.98 Å². The molecule has 3 atom stereocenters. The van der Waals surface area contributed by atoms with E-state index in [0.29, 0.717) is 18.2 Å². The Kier molecular flexibility index (Phi) is 3.37. The monoisotopic (exact) mass is 250 g/mol. The van der Waals surface area contributed by atoms with Gasteiger partial charge in [-0.05, 0) is 13.8 Å². The standard InChI is InChI=1S/C13H22N4O/c1-9-5-17(6-10(2)18-9)7-11-3-12-13(4-14-11)16-8-15-12/h8-11,14H,3-7H2,1-2H3,(H,15,16)/t9-,10+,11?. The van der Waals surface area contributed by atoms with Crippen LogP contribution in [0.3, 0.4) is 0 Å². The van der Waals surface area contributed by atoms with Gasteiger partial charge in [-0.1, -0.05) is 0 Å². The lowest BCUT2D eigenvalue weighted by molar-refractivity contribution is -0.0700. The van der Waals surface area contributed by atoms with E-state index in [2.05, 4.69) is 34.0 Å². The molecule has 0 aliphatic carbocycles. The number of hydrogen-bond donors (Lipinski definition) is 2. The minimum Gasteiger partial charge on any atom is -0.373 e. The second kappa shape index (κ2) is 4.99. The Morgan fingerprint density at radius 3 is 2.94 bits per heavy atom. The minimum absolute atomic E-state index is 0.346. The summed E-state index contributed by atoms with van der Waals surface area (Å²) in [6.07, 6.45) is 3.52. The summed E-state index contributed by atoms with van der Waals surface area (Å²) >= 11 is 0. The maximum atomic E-state index is 5.77. The van der Waals surface area contributed by atoms with Crippen LogP contribution in [0, 0.1) is 0 Å². The first-order chi connectivity index (χ1) is 8.70. The number of rotatable bonds is 2. The topological polar surface area (TPSA) is 53.2 Å². The number of fused-ring (bicyclic) bond motifs is 1. The Morgan fingerprint density at radius 2 is 2.17 bits per heavy atom. The van der Waals surface area contributed by atoms with Gasteiger partial charge in [0.15, 0.2) is 0 Å². The van der Waals surface area contributed by atoms with Crippen molar-refractivity contribution in [1.29, 1.82) is 0 Å². The quantitative estimate of drug-likeness (QED) is 0.804. The van der Waals surface area contributed by atoms with E-state index in [0.717, 1.165) is 32.6 Å². The lowest BCUT2D eigenvalue weighted by Crippen LogP contribution is -2.51. The molecule has 18 heavy (non-hydrogen) atoms. The summed E-state index contributed by atoms with van der Waals surface area (Å²) in [6, 6.07) is 0.512. The van der Waals surface area contributed by atoms with E-state index in [-0.39, 0.29) is 0 Å². The van der Waals surface area contributed by atoms with Gasteiger partial charge >= 0.3 is 0 Å². The van der Waals surface area contributed by atoms with Crippen LogP contribution in [0.25, 0.3) is 0 Å². The summed E-state index contributed by atoms with van der Waals surface area (Å²) in [5.41, 5.74) is 2.48. The molecule has 5 heteroatoms. The van der Waals surface area contributed by atoms with Crippen molar-refractivity contribution in [2.24, 2.45) is 0 Å². The Morgan fingerprint density at radius 1 is 1.39 bits per heavy atom. The molecule has 0 radical (unpaired) electrons. The normalized spacial score (nSPS) is 33.3. The van der Waals surface area contributed by atoms with Crippen LogP contribution in [0.2, 0.25) is 0 Å². The molecule has 0 amide bonds. The zero-order valence-corrected chi connectivity index (χ0v) is 11.1. The third-order valence-electron chi connectivity index (χ3n) is 3.79. The number of H-pyrrole nitrogens is 1. The molecule has 0 spiro atoms. The predicted molar refractivity (Wildman–Crippen MR) is 69.4 cm³/mol. The van der Waals surface area contributed by atoms with Crippen molar-refractivity contribution in [3.8, 4) is 0 Å². The number of aromatic nitrogens is 2. The van der Waals surface area contributed by atoms with E-state index in [1.165, 1.54) is 11.4 Å². The van der Waals surface area contributed by atoms with Gasteiger partial charge in [0.1, 0.15) is 0 Å². The largest absolute Gasteiger partial charge is 0.373 e. The highest BCUT2D eigenvalue weighted by atomic mass is 16.5. The van der Waals surface area contributed by atoms with Crippen molar-refractivity contribution in [3.63, 3.8) is 0 Å². The number of hydrogen-bond acceptors (Lipinski definition) is 4. The van der Waals surface area contributed by atoms with Gasteiger partial charge in [0.2, 0.25) is 0 Å². The molecular formula is C13H22N4O. The Hall–Kier alpha value is -0.910. The lowest BCUT2D eigenvalue weighted by atomic mass is 10.0. The van der Waals surface area contributed by atoms with Crippen LogP contribution in [-0.2, 0) is 17.7 Å². The summed E-state index contributed by atoms with van der Waals surface area (Å²) in [5.74, 6) is 0. The van der Waals surface area contributed by atoms with E-state index in [4.69, 9.17) is 4.74 Å². The van der Waals surface area contributed by atoms with Crippen molar-refractivity contribution in [1.82, 2.24) is 20.2 Å². The molecule has 0 saturated carbocycles. The first kappa shape index (κ1) is 12.1. The number of aromatic amines is 1. The molecule has 0 bridgehead atoms. The second-order valence-corrected chi connectivity index (χ2v) is 5.59. The highest BCUT2D eigenvalue weighted by Gasteiger charge is 2.26. The third-order valence-corrected chi connectivity index (χ3v) is 3.79. The molecule has 2 aliphatic heterocycles. The number of nitrogens with one attached hydrogen (secondary N) is 2. The van der Waals surface area contributed by atoms with Gasteiger partial charge in [-0.15, -0.1) is 0 Å². The average molecular weight is 250 g/mol. The smallest absolute Gasteiger partial charge is 0.0925 e. The molecule has 1 saturated heterocycles. The predicted octanol–water partition coefficient (Wildman–Crippen LogP) is 0.533. The average Bonchev–Trinajstić information content (AvgIpc) is 2.74. The van der Waals surface area contributed by atoms with Crippen LogP contribution in [0.1, 0.15) is 25.2 Å². The van der Waals surface area contributed by atoms with Crippen LogP contribution >= 0.6 is 0 Å². The first-order valence-electron chi connectivity index (χ1n) is 6.83. The molecule has 5 nitrogen and oxygen atoms in total. The zero-order valence-electron chi connectivity index (χ0n) is 11.1. The summed E-state index contributed by atoms with van der Waals surface area (Å²) in [7, 11) is 0. The van der Waals surface area contributed by atoms with Crippen molar-refractivity contribution in [2.45, 2.75) is 45.1 Å². The SMILES string of the molecule is C[C@@H]1CN(CC2Cc3nc[nH]c3CN2)C[C@H](C)O1. The van der Waals surface area contributed by atoms with E-state index in [9.17, 15) is 0 Å². The highest BCUT2D eigenvalue weighted by Crippen LogP contribution is 2.15. The van der Waals surface area contributed by atoms with Crippen molar-refractivity contribution >= 4 is 0 Å². The Balaban J connectivity index is 1.57. The van der Waals surface area contributed by atoms with E-state index in [1.807, 2.05) is 0 Å². The van der Waals surface area contributed by atoms with Crippen LogP contribution < -0.4 is 5.32 Å². The highest BCUT2D eigenvalue weighted by molar-refractivity contribution is 5.16. The zero-order chi connectivity index (χ0) is 12.5. The molecule has 1 fully saturated rings. The molecular weight excluding hydrogens is 228 g/mol. The summed E-state index contributed by atoms with van der Waals surface area (Å²) in [6.45, 7) is 8.39. The van der Waals surface area contributed by atoms with Crippen LogP contribution in [-0.4, -0.2) is 52.8 Å². The fourth-order valence-corrected chi connectivity index (χ4v) is 3.10. The number of nitrogens with zero attached hydrogens (tertiary/aromatic N) is 2. The summed E-state index contributed by atoms with van der Waals surface area (Å²) in [4.78, 5) is 10.1. The van der Waals surface area contributed by atoms with E-state index in [1.54, 1.807) is 6.33 Å². The molecule has 0 aromatic carbocycles. The van der Waals surface area contributed by atoms with Gasteiger partial charge in [-0.2, -0.15) is 0 Å². The third kappa shape index (κ3) is 2.58. The van der Waals surface area contributed by atoms with Gasteiger partial charge < -0.3 is 15.0 Å². The molecule has 2 aliphatic rings. The molecule has 1 aromatic heterocycles. The van der Waals surface area contributed by atoms with Crippen molar-refractivity contribution < 1.29 is 4.74 Å². The number of imidazole rings is 1. The van der Waals surface area contributed by atoms with Gasteiger partial charge in [0.05, 0.1) is 29.9 Å². The fraction of sp³-hybridized carbons (Fsp3) is 0.769. The van der Waals surface area contributed by atoms with Crippen molar-refractivity contribution in [2.75, 3.05) is 19.6 Å². The van der Waals surface area contributed by atoms with E-state index < -0.39 is 0 Å². The molecule has 100 valence electrons. The fourth-order valence-electron chi connectivity index (χ4n) is 3.10. The van der Waals surface area contributed by atoms with Gasteiger partial charge in [0, 0.05) is 38.6 Å². The number of morpholine rings is 1. The Bertz CT molecular complexity index is 395. The Labute approximate surface area is 108 Å². The van der Waals surface area contributed by atoms with Crippen molar-refractivity contribution in [3.05, 3.63) is 17.7 Å². The van der Waals surface area contributed by atoms with Gasteiger partial charge in [0.25, 0.3) is 0 Å². The maximum absolute atomic E-state index is 5.77. The molecule has 1 aromatic rings. The molecule has 3 rings (SSSR count). The molecule has 3 heterocycles. The first-order valence-corrected chi connectivity index (χ1v) is 6.83. The minimum atomic E-state index is 0.346. The molecule has 1 unspecified atom stereocenters. The van der Waals surface area contributed by atoms with Crippen LogP contribution in [0.5, 0.6) is 0 Å². The second-order valence-electron chi connectivity index (χ2n) is 5.59. The molecule has 2 N–H and O–H groups in total. The number of ether oxygens (including phenoxy) is 1. The van der Waals surface area contributed by atoms with Gasteiger partial charge in [-0.3, -0.25) is 4.90 Å². The van der Waals surface area contributed by atoms with E-state index >= 15 is 0 Å². The summed E-state index contributed by atoms with van der Waals surface area (Å²) < 4.78 is 5.77. The summed E-state index contributed by atoms with van der Waals surface area (Å²) in [5, 5.41) is 3.58. The van der Waals surface area contributed by atoms with Crippen LogP contribution in [0.15, 0.2) is 6.33 Å². The maximum Gasteiger partial charge on any atom is 0.0925 e.